The van der Waals surface area contributed by atoms with Crippen LogP contribution in [0.2, 0.25) is 0 Å². The van der Waals surface area contributed by atoms with Gasteiger partial charge in [0.2, 0.25) is 0 Å². The van der Waals surface area contributed by atoms with Crippen LogP contribution in [0.15, 0.2) is 16.8 Å². The van der Waals surface area contributed by atoms with Crippen molar-refractivity contribution in [2.24, 2.45) is 45.3 Å². The van der Waals surface area contributed by atoms with E-state index in [0.717, 1.165) is 37.8 Å². The maximum atomic E-state index is 11.4. The fourth-order valence-corrected chi connectivity index (χ4v) is 7.87. The monoisotopic (exact) mass is 415 g/mol. The highest BCUT2D eigenvalue weighted by atomic mass is 16.5. The van der Waals surface area contributed by atoms with Crippen LogP contribution in [0.3, 0.4) is 0 Å². The second kappa shape index (κ2) is 7.69. The number of hydrogen-bond donors (Lipinski definition) is 2. The second-order valence-electron chi connectivity index (χ2n) is 10.6. The van der Waals surface area contributed by atoms with Crippen LogP contribution in [0.1, 0.15) is 79.1 Å². The maximum Gasteiger partial charge on any atom is 0.332 e. The largest absolute Gasteiger partial charge is 0.462 e. The molecule has 0 spiro atoms. The first kappa shape index (κ1) is 21.4. The van der Waals surface area contributed by atoms with E-state index in [1.807, 2.05) is 6.92 Å². The molecule has 3 N–H and O–H groups in total. The molecule has 3 fully saturated rings. The summed E-state index contributed by atoms with van der Waals surface area (Å²) < 4.78 is 5.56. The van der Waals surface area contributed by atoms with E-state index in [0.29, 0.717) is 23.7 Å². The minimum Gasteiger partial charge on any atom is -0.462 e. The fourth-order valence-electron chi connectivity index (χ4n) is 7.87. The highest BCUT2D eigenvalue weighted by Gasteiger charge is 2.59. The van der Waals surface area contributed by atoms with Gasteiger partial charge in [-0.2, -0.15) is 5.10 Å². The van der Waals surface area contributed by atoms with Gasteiger partial charge in [-0.25, -0.2) is 10.2 Å². The summed E-state index contributed by atoms with van der Waals surface area (Å²) in [5.74, 6) is 2.37. The summed E-state index contributed by atoms with van der Waals surface area (Å²) in [7, 11) is 0. The van der Waals surface area contributed by atoms with Gasteiger partial charge >= 0.3 is 12.0 Å². The lowest BCUT2D eigenvalue weighted by Gasteiger charge is -2.58. The predicted molar refractivity (Wildman–Crippen MR) is 117 cm³/mol. The number of nitrogens with two attached hydrogens (primary N) is 1. The van der Waals surface area contributed by atoms with Crippen molar-refractivity contribution in [2.45, 2.75) is 85.2 Å². The van der Waals surface area contributed by atoms with Crippen molar-refractivity contribution in [2.75, 3.05) is 0 Å². The molecule has 6 nitrogen and oxygen atoms in total. The Labute approximate surface area is 180 Å². The number of carbonyl (C=O) groups excluding carboxylic acids is 2. The van der Waals surface area contributed by atoms with Gasteiger partial charge in [-0.15, -0.1) is 0 Å². The van der Waals surface area contributed by atoms with Crippen LogP contribution in [-0.4, -0.2) is 23.8 Å². The van der Waals surface area contributed by atoms with E-state index in [-0.39, 0.29) is 22.9 Å². The summed E-state index contributed by atoms with van der Waals surface area (Å²) in [5, 5.41) is 4.30. The van der Waals surface area contributed by atoms with E-state index in [1.165, 1.54) is 31.8 Å². The minimum absolute atomic E-state index is 0.0553. The zero-order chi connectivity index (χ0) is 21.7. The Bertz CT molecular complexity index is 791. The van der Waals surface area contributed by atoms with E-state index >= 15 is 0 Å². The lowest BCUT2D eigenvalue weighted by molar-refractivity contribution is -0.148. The van der Waals surface area contributed by atoms with Gasteiger partial charge in [0.25, 0.3) is 0 Å². The number of urea groups is 1. The standard InChI is InChI=1S/C24H37N3O3/c1-14(26-27-22(25)29)19-7-8-20-18-6-5-16-13-17(30-15(2)28)9-11-23(16,3)21(18)10-12-24(19,20)4/h5,17-21H,6-13H2,1-4H3,(H3,25,27,29)/b26-14+/t17-,18+,19-,20+,21+,23+,24-/m1/s1. The van der Waals surface area contributed by atoms with E-state index in [1.54, 1.807) is 0 Å². The Balaban J connectivity index is 1.54. The van der Waals surface area contributed by atoms with Gasteiger partial charge in [-0.05, 0) is 80.5 Å². The molecule has 3 saturated carbocycles. The molecule has 0 aromatic carbocycles. The minimum atomic E-state index is -0.597. The van der Waals surface area contributed by atoms with E-state index in [9.17, 15) is 9.59 Å². The third-order valence-electron chi connectivity index (χ3n) is 9.24. The predicted octanol–water partition coefficient (Wildman–Crippen LogP) is 4.54. The smallest absolute Gasteiger partial charge is 0.332 e. The van der Waals surface area contributed by atoms with Crippen LogP contribution in [0, 0.1) is 34.5 Å². The van der Waals surface area contributed by atoms with Crippen LogP contribution in [0.4, 0.5) is 4.79 Å². The normalized spacial score (nSPS) is 43.0. The SMILES string of the molecule is CC(=O)O[C@@H]1CC[C@@]2(C)C(=CC[C@H]3[C@@H]4CC[C@H](/C(C)=N/NC(N)=O)[C@@]4(C)CC[C@@H]32)C1. The molecular formula is C24H37N3O3. The molecule has 4 aliphatic rings. The Morgan fingerprint density at radius 3 is 2.60 bits per heavy atom. The first-order valence-corrected chi connectivity index (χ1v) is 11.6. The van der Waals surface area contributed by atoms with Crippen molar-refractivity contribution in [1.29, 1.82) is 0 Å². The number of fused-ring (bicyclic) bond motifs is 5. The first-order chi connectivity index (χ1) is 14.1. The lowest BCUT2D eigenvalue weighted by Crippen LogP contribution is -2.51. The summed E-state index contributed by atoms with van der Waals surface area (Å²) in [6, 6.07) is -0.597. The number of hydrazone groups is 1. The second-order valence-corrected chi connectivity index (χ2v) is 10.6. The number of ether oxygens (including phenoxy) is 1. The summed E-state index contributed by atoms with van der Waals surface area (Å²) in [6.45, 7) is 8.48. The molecule has 166 valence electrons. The Morgan fingerprint density at radius 1 is 1.13 bits per heavy atom. The molecule has 4 rings (SSSR count). The number of rotatable bonds is 3. The lowest BCUT2D eigenvalue weighted by atomic mass is 9.47. The molecule has 0 aromatic rings. The average Bonchev–Trinajstić information content (AvgIpc) is 3.03. The van der Waals surface area contributed by atoms with E-state index < -0.39 is 6.03 Å². The number of primary amides is 1. The highest BCUT2D eigenvalue weighted by molar-refractivity contribution is 5.86. The molecule has 0 aliphatic heterocycles. The molecule has 2 amide bonds. The number of amides is 2. The van der Waals surface area contributed by atoms with Crippen LogP contribution in [0.5, 0.6) is 0 Å². The van der Waals surface area contributed by atoms with Crippen molar-refractivity contribution in [3.05, 3.63) is 11.6 Å². The third kappa shape index (κ3) is 3.46. The van der Waals surface area contributed by atoms with Crippen molar-refractivity contribution >= 4 is 17.7 Å². The number of allylic oxidation sites excluding steroid dienone is 1. The molecule has 0 radical (unpaired) electrons. The van der Waals surface area contributed by atoms with Crippen molar-refractivity contribution in [1.82, 2.24) is 5.43 Å². The summed E-state index contributed by atoms with van der Waals surface area (Å²) in [5.41, 5.74) is 10.7. The third-order valence-corrected chi connectivity index (χ3v) is 9.24. The van der Waals surface area contributed by atoms with Crippen LogP contribution in [-0.2, 0) is 9.53 Å². The zero-order valence-electron chi connectivity index (χ0n) is 18.9. The number of hydrogen-bond acceptors (Lipinski definition) is 4. The number of nitrogens with zero attached hydrogens (tertiary/aromatic N) is 1. The molecule has 0 bridgehead atoms. The molecule has 0 saturated heterocycles. The van der Waals surface area contributed by atoms with Crippen LogP contribution >= 0.6 is 0 Å². The number of carbonyl (C=O) groups is 2. The van der Waals surface area contributed by atoms with Crippen molar-refractivity contribution in [3.63, 3.8) is 0 Å². The van der Waals surface area contributed by atoms with E-state index in [4.69, 9.17) is 10.5 Å². The summed E-state index contributed by atoms with van der Waals surface area (Å²) >= 11 is 0. The average molecular weight is 416 g/mol. The molecule has 0 aromatic heterocycles. The highest BCUT2D eigenvalue weighted by Crippen LogP contribution is 2.66. The first-order valence-electron chi connectivity index (χ1n) is 11.6. The number of nitrogens with one attached hydrogen (secondary N) is 1. The quantitative estimate of drug-likeness (QED) is 0.307. The van der Waals surface area contributed by atoms with Crippen molar-refractivity contribution in [3.8, 4) is 0 Å². The Morgan fingerprint density at radius 2 is 1.90 bits per heavy atom. The Kier molecular flexibility index (Phi) is 5.48. The molecule has 6 heteroatoms. The number of esters is 1. The fraction of sp³-hybridized carbons (Fsp3) is 0.792. The van der Waals surface area contributed by atoms with Gasteiger partial charge in [-0.3, -0.25) is 4.79 Å². The zero-order valence-corrected chi connectivity index (χ0v) is 18.9. The van der Waals surface area contributed by atoms with Gasteiger partial charge in [0.05, 0.1) is 0 Å². The topological polar surface area (TPSA) is 93.8 Å². The molecule has 30 heavy (non-hydrogen) atoms. The van der Waals surface area contributed by atoms with Gasteiger partial charge < -0.3 is 10.5 Å². The molecule has 0 unspecified atom stereocenters. The summed E-state index contributed by atoms with van der Waals surface area (Å²) in [6.07, 6.45) is 11.5. The molecule has 7 atom stereocenters. The Hall–Kier alpha value is -1.85. The van der Waals surface area contributed by atoms with Gasteiger partial charge in [0.1, 0.15) is 6.10 Å². The van der Waals surface area contributed by atoms with Gasteiger partial charge in [0.15, 0.2) is 0 Å². The van der Waals surface area contributed by atoms with Crippen LogP contribution in [0.25, 0.3) is 0 Å². The molecule has 0 heterocycles. The summed E-state index contributed by atoms with van der Waals surface area (Å²) in [4.78, 5) is 22.5. The van der Waals surface area contributed by atoms with Gasteiger partial charge in [-0.1, -0.05) is 25.5 Å². The molecule has 4 aliphatic carbocycles. The maximum absolute atomic E-state index is 11.4. The van der Waals surface area contributed by atoms with Crippen molar-refractivity contribution < 1.29 is 14.3 Å². The van der Waals surface area contributed by atoms with E-state index in [2.05, 4.69) is 30.5 Å². The van der Waals surface area contributed by atoms with Crippen LogP contribution < -0.4 is 11.2 Å². The van der Waals surface area contributed by atoms with Gasteiger partial charge in [0, 0.05) is 25.0 Å². The molecular weight excluding hydrogens is 378 g/mol.